The molecular formula is C36H69O10P. The molecule has 0 aliphatic rings. The summed E-state index contributed by atoms with van der Waals surface area (Å²) in [6.07, 6.45) is 27.6. The number of ether oxygens (including phenoxy) is 2. The highest BCUT2D eigenvalue weighted by atomic mass is 31.2. The molecule has 11 heteroatoms. The van der Waals surface area contributed by atoms with Crippen molar-refractivity contribution in [2.45, 2.75) is 180 Å². The van der Waals surface area contributed by atoms with E-state index < -0.39 is 51.8 Å². The molecule has 0 saturated carbocycles. The van der Waals surface area contributed by atoms with Crippen molar-refractivity contribution in [3.8, 4) is 0 Å². The molecule has 0 fully saturated rings. The fourth-order valence-corrected chi connectivity index (χ4v) is 5.78. The van der Waals surface area contributed by atoms with Crippen LogP contribution in [0.5, 0.6) is 0 Å². The van der Waals surface area contributed by atoms with Gasteiger partial charge in [0.2, 0.25) is 0 Å². The number of phosphoric acid groups is 1. The fourth-order valence-electron chi connectivity index (χ4n) is 4.99. The molecule has 0 aromatic heterocycles. The Morgan fingerprint density at radius 2 is 1.04 bits per heavy atom. The standard InChI is InChI=1S/C36H69O10P/c1-3-5-7-9-11-13-14-15-16-17-18-20-22-24-26-28-36(40)46-34(32-45-47(41,42)44-30-33(38)29-37)31-43-35(39)27-25-23-21-19-12-10-8-6-4-2/h17-18,33-34,37-38H,3-16,19-32H2,1-2H3,(H,41,42)/b18-17+/t33-,34+/m0/s1. The summed E-state index contributed by atoms with van der Waals surface area (Å²) in [7, 11) is -4.61. The van der Waals surface area contributed by atoms with E-state index in [1.165, 1.54) is 83.5 Å². The summed E-state index contributed by atoms with van der Waals surface area (Å²) in [6, 6.07) is 0. The molecule has 0 spiro atoms. The highest BCUT2D eigenvalue weighted by Crippen LogP contribution is 2.43. The van der Waals surface area contributed by atoms with Crippen molar-refractivity contribution in [2.75, 3.05) is 26.4 Å². The van der Waals surface area contributed by atoms with Crippen LogP contribution in [0, 0.1) is 0 Å². The quantitative estimate of drug-likeness (QED) is 0.0254. The Balaban J connectivity index is 4.38. The number of carbonyl (C=O) groups is 2. The minimum atomic E-state index is -4.61. The summed E-state index contributed by atoms with van der Waals surface area (Å²) in [6.45, 7) is 2.33. The third-order valence-corrected chi connectivity index (χ3v) is 8.87. The van der Waals surface area contributed by atoms with Crippen molar-refractivity contribution < 1.29 is 47.8 Å². The average Bonchev–Trinajstić information content (AvgIpc) is 3.05. The Labute approximate surface area is 286 Å². The van der Waals surface area contributed by atoms with Crippen molar-refractivity contribution in [2.24, 2.45) is 0 Å². The van der Waals surface area contributed by atoms with Crippen LogP contribution in [0.3, 0.4) is 0 Å². The number of carbonyl (C=O) groups excluding carboxylic acids is 2. The molecule has 1 unspecified atom stereocenters. The number of unbranched alkanes of at least 4 members (excludes halogenated alkanes) is 19. The summed E-state index contributed by atoms with van der Waals surface area (Å²) in [5.41, 5.74) is 0. The van der Waals surface area contributed by atoms with Gasteiger partial charge in [-0.05, 0) is 38.5 Å². The van der Waals surface area contributed by atoms with Gasteiger partial charge in [-0.1, -0.05) is 129 Å². The van der Waals surface area contributed by atoms with E-state index in [2.05, 4.69) is 30.5 Å². The average molecular weight is 693 g/mol. The van der Waals surface area contributed by atoms with Crippen molar-refractivity contribution >= 4 is 19.8 Å². The minimum Gasteiger partial charge on any atom is -0.462 e. The Bertz CT molecular complexity index is 807. The molecule has 47 heavy (non-hydrogen) atoms. The number of phosphoric ester groups is 1. The maximum absolute atomic E-state index is 12.5. The molecule has 0 saturated heterocycles. The number of hydrogen-bond acceptors (Lipinski definition) is 9. The van der Waals surface area contributed by atoms with Gasteiger partial charge in [0.1, 0.15) is 12.7 Å². The van der Waals surface area contributed by atoms with E-state index in [-0.39, 0.29) is 19.4 Å². The number of hydrogen-bond donors (Lipinski definition) is 3. The normalized spacial score (nSPS) is 14.2. The number of rotatable bonds is 35. The summed E-state index contributed by atoms with van der Waals surface area (Å²) in [4.78, 5) is 34.7. The van der Waals surface area contributed by atoms with Gasteiger partial charge >= 0.3 is 19.8 Å². The van der Waals surface area contributed by atoms with Crippen LogP contribution in [0.1, 0.15) is 168 Å². The molecule has 3 N–H and O–H groups in total. The first kappa shape index (κ1) is 45.7. The molecule has 0 radical (unpaired) electrons. The number of esters is 2. The second-order valence-corrected chi connectivity index (χ2v) is 14.1. The van der Waals surface area contributed by atoms with E-state index in [0.717, 1.165) is 44.9 Å². The van der Waals surface area contributed by atoms with E-state index >= 15 is 0 Å². The lowest BCUT2D eigenvalue weighted by atomic mass is 10.1. The highest BCUT2D eigenvalue weighted by molar-refractivity contribution is 7.47. The Hall–Kier alpha value is -1.29. The van der Waals surface area contributed by atoms with Crippen LogP contribution in [0.4, 0.5) is 0 Å². The zero-order chi connectivity index (χ0) is 34.9. The van der Waals surface area contributed by atoms with Crippen LogP contribution >= 0.6 is 7.82 Å². The first-order valence-corrected chi connectivity index (χ1v) is 20.1. The summed E-state index contributed by atoms with van der Waals surface area (Å²) >= 11 is 0. The van der Waals surface area contributed by atoms with E-state index in [9.17, 15) is 24.2 Å². The van der Waals surface area contributed by atoms with Gasteiger partial charge in [0, 0.05) is 12.8 Å². The molecule has 0 aromatic rings. The highest BCUT2D eigenvalue weighted by Gasteiger charge is 2.27. The number of aliphatic hydroxyl groups is 2. The summed E-state index contributed by atoms with van der Waals surface area (Å²) < 4.78 is 32.5. The third kappa shape index (κ3) is 33.0. The molecule has 0 bridgehead atoms. The van der Waals surface area contributed by atoms with Crippen LogP contribution in [-0.2, 0) is 32.7 Å². The second-order valence-electron chi connectivity index (χ2n) is 12.6. The predicted molar refractivity (Wildman–Crippen MR) is 187 cm³/mol. The van der Waals surface area contributed by atoms with Crippen LogP contribution < -0.4 is 0 Å². The van der Waals surface area contributed by atoms with E-state index in [1.807, 2.05) is 0 Å². The lowest BCUT2D eigenvalue weighted by molar-refractivity contribution is -0.161. The van der Waals surface area contributed by atoms with Gasteiger partial charge in [0.15, 0.2) is 6.10 Å². The zero-order valence-electron chi connectivity index (χ0n) is 29.8. The first-order chi connectivity index (χ1) is 22.7. The van der Waals surface area contributed by atoms with Gasteiger partial charge < -0.3 is 24.6 Å². The maximum atomic E-state index is 12.5. The zero-order valence-corrected chi connectivity index (χ0v) is 30.6. The molecule has 0 amide bonds. The van der Waals surface area contributed by atoms with Gasteiger partial charge in [0.25, 0.3) is 0 Å². The molecular weight excluding hydrogens is 623 g/mol. The lowest BCUT2D eigenvalue weighted by Crippen LogP contribution is -2.29. The Morgan fingerprint density at radius 3 is 1.55 bits per heavy atom. The third-order valence-electron chi connectivity index (χ3n) is 7.92. The van der Waals surface area contributed by atoms with Crippen molar-refractivity contribution in [1.29, 1.82) is 0 Å². The monoisotopic (exact) mass is 692 g/mol. The van der Waals surface area contributed by atoms with Gasteiger partial charge in [-0.2, -0.15) is 0 Å². The van der Waals surface area contributed by atoms with Gasteiger partial charge in [0.05, 0.1) is 19.8 Å². The largest absolute Gasteiger partial charge is 0.472 e. The van der Waals surface area contributed by atoms with Crippen LogP contribution in [-0.4, -0.2) is 65.7 Å². The summed E-state index contributed by atoms with van der Waals surface area (Å²) in [5, 5.41) is 18.2. The van der Waals surface area contributed by atoms with Crippen molar-refractivity contribution in [3.05, 3.63) is 12.2 Å². The molecule has 0 aromatic carbocycles. The van der Waals surface area contributed by atoms with Crippen molar-refractivity contribution in [1.82, 2.24) is 0 Å². The van der Waals surface area contributed by atoms with Crippen LogP contribution in [0.15, 0.2) is 12.2 Å². The van der Waals surface area contributed by atoms with Gasteiger partial charge in [-0.15, -0.1) is 0 Å². The molecule has 278 valence electrons. The van der Waals surface area contributed by atoms with Gasteiger partial charge in [-0.25, -0.2) is 4.57 Å². The SMILES string of the molecule is CCCCCCCCCC/C=C/CCCCCC(=O)O[C@H](COC(=O)CCCCCCCCCCC)COP(=O)(O)OC[C@@H](O)CO. The predicted octanol–water partition coefficient (Wildman–Crippen LogP) is 8.89. The smallest absolute Gasteiger partial charge is 0.462 e. The van der Waals surface area contributed by atoms with Gasteiger partial charge in [-0.3, -0.25) is 18.6 Å². The van der Waals surface area contributed by atoms with Crippen LogP contribution in [0.25, 0.3) is 0 Å². The molecule has 3 atom stereocenters. The van der Waals surface area contributed by atoms with Crippen LogP contribution in [0.2, 0.25) is 0 Å². The number of aliphatic hydroxyl groups excluding tert-OH is 2. The Kier molecular flexibility index (Phi) is 32.3. The fraction of sp³-hybridized carbons (Fsp3) is 0.889. The first-order valence-electron chi connectivity index (χ1n) is 18.6. The summed E-state index contributed by atoms with van der Waals surface area (Å²) in [5.74, 6) is -0.942. The molecule has 0 heterocycles. The Morgan fingerprint density at radius 1 is 0.617 bits per heavy atom. The number of allylic oxidation sites excluding steroid dienone is 2. The van der Waals surface area contributed by atoms with E-state index in [1.54, 1.807) is 0 Å². The van der Waals surface area contributed by atoms with Crippen molar-refractivity contribution in [3.63, 3.8) is 0 Å². The minimum absolute atomic E-state index is 0.167. The molecule has 0 aliphatic heterocycles. The van der Waals surface area contributed by atoms with E-state index in [4.69, 9.17) is 19.1 Å². The maximum Gasteiger partial charge on any atom is 0.472 e. The molecule has 10 nitrogen and oxygen atoms in total. The molecule has 0 aliphatic carbocycles. The lowest BCUT2D eigenvalue weighted by Gasteiger charge is -2.20. The van der Waals surface area contributed by atoms with E-state index in [0.29, 0.717) is 12.8 Å². The topological polar surface area (TPSA) is 149 Å². The molecule has 0 rings (SSSR count). The second kappa shape index (κ2) is 33.2.